The summed E-state index contributed by atoms with van der Waals surface area (Å²) >= 11 is 0. The van der Waals surface area contributed by atoms with Crippen molar-refractivity contribution in [1.29, 1.82) is 0 Å². The fourth-order valence-electron chi connectivity index (χ4n) is 2.79. The Morgan fingerprint density at radius 1 is 0.957 bits per heavy atom. The van der Waals surface area contributed by atoms with Crippen LogP contribution in [0.4, 0.5) is 0 Å². The Bertz CT molecular complexity index is 1070. The third kappa shape index (κ3) is 2.24. The normalized spacial score (nSPS) is 11.2. The number of nitrogens with one attached hydrogen (secondary N) is 2. The second-order valence-electron chi connectivity index (χ2n) is 5.44. The van der Waals surface area contributed by atoms with E-state index in [4.69, 9.17) is 4.42 Å². The van der Waals surface area contributed by atoms with Crippen molar-refractivity contribution >= 4 is 11.0 Å². The smallest absolute Gasteiger partial charge is 0.323 e. The SMILES string of the molecule is Cc1nnc(-c2cccc(-c3ccc4[nH]c(=O)[nH]c4c3)c2C)o1. The van der Waals surface area contributed by atoms with E-state index in [-0.39, 0.29) is 5.69 Å². The lowest BCUT2D eigenvalue weighted by atomic mass is 9.96. The highest BCUT2D eigenvalue weighted by Crippen LogP contribution is 2.31. The van der Waals surface area contributed by atoms with Crippen molar-refractivity contribution in [2.45, 2.75) is 13.8 Å². The molecule has 0 atom stereocenters. The molecule has 4 aromatic rings. The van der Waals surface area contributed by atoms with Crippen molar-refractivity contribution in [2.24, 2.45) is 0 Å². The first-order valence-corrected chi connectivity index (χ1v) is 7.24. The molecule has 0 bridgehead atoms. The lowest BCUT2D eigenvalue weighted by Gasteiger charge is -2.09. The minimum Gasteiger partial charge on any atom is -0.421 e. The van der Waals surface area contributed by atoms with Gasteiger partial charge in [-0.25, -0.2) is 4.79 Å². The fraction of sp³-hybridized carbons (Fsp3) is 0.118. The molecular formula is C17H14N4O2. The molecule has 0 unspecified atom stereocenters. The highest BCUT2D eigenvalue weighted by molar-refractivity contribution is 5.84. The third-order valence-electron chi connectivity index (χ3n) is 3.92. The van der Waals surface area contributed by atoms with Crippen LogP contribution in [0.2, 0.25) is 0 Å². The summed E-state index contributed by atoms with van der Waals surface area (Å²) in [6, 6.07) is 11.8. The summed E-state index contributed by atoms with van der Waals surface area (Å²) in [5.41, 5.74) is 5.40. The van der Waals surface area contributed by atoms with Gasteiger partial charge in [0.2, 0.25) is 11.8 Å². The molecule has 2 aromatic carbocycles. The number of aromatic amines is 2. The predicted octanol–water partition coefficient (Wildman–Crippen LogP) is 3.19. The molecule has 0 saturated carbocycles. The van der Waals surface area contributed by atoms with Crippen LogP contribution in [0.1, 0.15) is 11.5 Å². The molecule has 6 heteroatoms. The molecule has 2 N–H and O–H groups in total. The van der Waals surface area contributed by atoms with E-state index < -0.39 is 0 Å². The zero-order chi connectivity index (χ0) is 16.0. The van der Waals surface area contributed by atoms with Gasteiger partial charge in [0.25, 0.3) is 0 Å². The van der Waals surface area contributed by atoms with Crippen LogP contribution in [0.25, 0.3) is 33.6 Å². The summed E-state index contributed by atoms with van der Waals surface area (Å²) in [7, 11) is 0. The zero-order valence-corrected chi connectivity index (χ0v) is 12.7. The van der Waals surface area contributed by atoms with Crippen molar-refractivity contribution in [2.75, 3.05) is 0 Å². The Labute approximate surface area is 131 Å². The van der Waals surface area contributed by atoms with E-state index in [2.05, 4.69) is 20.2 Å². The van der Waals surface area contributed by atoms with E-state index >= 15 is 0 Å². The third-order valence-corrected chi connectivity index (χ3v) is 3.92. The maximum absolute atomic E-state index is 11.4. The van der Waals surface area contributed by atoms with Gasteiger partial charge in [0, 0.05) is 12.5 Å². The number of H-pyrrole nitrogens is 2. The van der Waals surface area contributed by atoms with Crippen molar-refractivity contribution in [3.8, 4) is 22.6 Å². The summed E-state index contributed by atoms with van der Waals surface area (Å²) in [5, 5.41) is 7.99. The summed E-state index contributed by atoms with van der Waals surface area (Å²) in [5.74, 6) is 1.05. The molecule has 0 aliphatic rings. The monoisotopic (exact) mass is 306 g/mol. The van der Waals surface area contributed by atoms with Crippen LogP contribution in [-0.4, -0.2) is 20.2 Å². The van der Waals surface area contributed by atoms with Gasteiger partial charge in [-0.2, -0.15) is 0 Å². The van der Waals surface area contributed by atoms with Gasteiger partial charge in [-0.1, -0.05) is 18.2 Å². The van der Waals surface area contributed by atoms with Crippen LogP contribution in [0.3, 0.4) is 0 Å². The number of aromatic nitrogens is 4. The van der Waals surface area contributed by atoms with Gasteiger partial charge in [0.15, 0.2) is 0 Å². The second kappa shape index (κ2) is 4.95. The van der Waals surface area contributed by atoms with E-state index in [0.29, 0.717) is 11.8 Å². The molecule has 2 aromatic heterocycles. The molecule has 0 aliphatic heterocycles. The molecule has 23 heavy (non-hydrogen) atoms. The molecule has 0 spiro atoms. The number of rotatable bonds is 2. The number of nitrogens with zero attached hydrogens (tertiary/aromatic N) is 2. The standard InChI is InChI=1S/C17H14N4O2/c1-9-12(4-3-5-13(9)16-21-20-10(2)23-16)11-6-7-14-15(8-11)19-17(22)18-14/h3-8H,1-2H3,(H2,18,19,22). The van der Waals surface area contributed by atoms with Crippen LogP contribution in [0, 0.1) is 13.8 Å². The molecule has 0 amide bonds. The van der Waals surface area contributed by atoms with E-state index in [1.165, 1.54) is 0 Å². The van der Waals surface area contributed by atoms with Gasteiger partial charge < -0.3 is 14.4 Å². The molecule has 0 aliphatic carbocycles. The Morgan fingerprint density at radius 2 is 1.74 bits per heavy atom. The van der Waals surface area contributed by atoms with Gasteiger partial charge >= 0.3 is 5.69 Å². The minimum absolute atomic E-state index is 0.205. The fourth-order valence-corrected chi connectivity index (χ4v) is 2.79. The number of aryl methyl sites for hydroxylation is 1. The van der Waals surface area contributed by atoms with Gasteiger partial charge in [-0.05, 0) is 41.8 Å². The summed E-state index contributed by atoms with van der Waals surface area (Å²) in [6.45, 7) is 3.79. The van der Waals surface area contributed by atoms with E-state index in [0.717, 1.165) is 33.3 Å². The molecule has 0 fully saturated rings. The van der Waals surface area contributed by atoms with Gasteiger partial charge in [0.1, 0.15) is 0 Å². The van der Waals surface area contributed by atoms with Crippen molar-refractivity contribution in [1.82, 2.24) is 20.2 Å². The summed E-state index contributed by atoms with van der Waals surface area (Å²) in [4.78, 5) is 16.9. The zero-order valence-electron chi connectivity index (χ0n) is 12.7. The highest BCUT2D eigenvalue weighted by Gasteiger charge is 2.13. The number of benzene rings is 2. The number of fused-ring (bicyclic) bond motifs is 1. The van der Waals surface area contributed by atoms with Crippen LogP contribution in [0.5, 0.6) is 0 Å². The first kappa shape index (κ1) is 13.5. The number of hydrogen-bond donors (Lipinski definition) is 2. The van der Waals surface area contributed by atoms with Crippen LogP contribution in [-0.2, 0) is 0 Å². The number of imidazole rings is 1. The first-order valence-electron chi connectivity index (χ1n) is 7.24. The molecule has 0 saturated heterocycles. The highest BCUT2D eigenvalue weighted by atomic mass is 16.4. The average Bonchev–Trinajstić information content (AvgIpc) is 3.11. The molecule has 4 rings (SSSR count). The predicted molar refractivity (Wildman–Crippen MR) is 87.1 cm³/mol. The first-order chi connectivity index (χ1) is 11.1. The van der Waals surface area contributed by atoms with E-state index in [1.54, 1.807) is 6.92 Å². The summed E-state index contributed by atoms with van der Waals surface area (Å²) < 4.78 is 5.54. The van der Waals surface area contributed by atoms with E-state index in [1.807, 2.05) is 43.3 Å². The van der Waals surface area contributed by atoms with Crippen molar-refractivity contribution in [3.05, 3.63) is 58.3 Å². The van der Waals surface area contributed by atoms with Crippen LogP contribution < -0.4 is 5.69 Å². The maximum atomic E-state index is 11.4. The Morgan fingerprint density at radius 3 is 2.52 bits per heavy atom. The Kier molecular flexibility index (Phi) is 2.90. The van der Waals surface area contributed by atoms with Gasteiger partial charge in [0.05, 0.1) is 11.0 Å². The molecule has 0 radical (unpaired) electrons. The molecule has 6 nitrogen and oxygen atoms in total. The Balaban J connectivity index is 1.89. The maximum Gasteiger partial charge on any atom is 0.323 e. The quantitative estimate of drug-likeness (QED) is 0.595. The van der Waals surface area contributed by atoms with Gasteiger partial charge in [-0.3, -0.25) is 0 Å². The lowest BCUT2D eigenvalue weighted by molar-refractivity contribution is 0.532. The largest absolute Gasteiger partial charge is 0.421 e. The van der Waals surface area contributed by atoms with Crippen LogP contribution in [0.15, 0.2) is 45.6 Å². The van der Waals surface area contributed by atoms with E-state index in [9.17, 15) is 4.79 Å². The van der Waals surface area contributed by atoms with Crippen molar-refractivity contribution < 1.29 is 4.42 Å². The second-order valence-corrected chi connectivity index (χ2v) is 5.44. The molecule has 2 heterocycles. The van der Waals surface area contributed by atoms with Crippen LogP contribution >= 0.6 is 0 Å². The lowest BCUT2D eigenvalue weighted by Crippen LogP contribution is -1.99. The summed E-state index contributed by atoms with van der Waals surface area (Å²) in [6.07, 6.45) is 0. The van der Waals surface area contributed by atoms with Crippen molar-refractivity contribution in [3.63, 3.8) is 0 Å². The topological polar surface area (TPSA) is 87.6 Å². The van der Waals surface area contributed by atoms with Gasteiger partial charge in [-0.15, -0.1) is 10.2 Å². The molecule has 114 valence electrons. The average molecular weight is 306 g/mol. The minimum atomic E-state index is -0.205. The Hall–Kier alpha value is -3.15. The number of hydrogen-bond acceptors (Lipinski definition) is 4. The molecular weight excluding hydrogens is 292 g/mol.